The second-order valence-electron chi connectivity index (χ2n) is 6.70. The Bertz CT molecular complexity index is 1150. The molecule has 8 heteroatoms. The molecule has 0 spiro atoms. The zero-order valence-electron chi connectivity index (χ0n) is 15.3. The van der Waals surface area contributed by atoms with Crippen molar-refractivity contribution >= 4 is 16.9 Å². The Hall–Kier alpha value is -3.52. The summed E-state index contributed by atoms with van der Waals surface area (Å²) in [7, 11) is 1.69. The Labute approximate surface area is 161 Å². The lowest BCUT2D eigenvalue weighted by molar-refractivity contribution is 0.415. The monoisotopic (exact) mass is 373 g/mol. The molecule has 4 heterocycles. The van der Waals surface area contributed by atoms with E-state index in [1.54, 1.807) is 25.7 Å². The van der Waals surface area contributed by atoms with E-state index in [2.05, 4.69) is 31.3 Å². The van der Waals surface area contributed by atoms with Crippen LogP contribution in [0.3, 0.4) is 0 Å². The molecule has 1 aliphatic rings. The van der Waals surface area contributed by atoms with E-state index in [0.29, 0.717) is 5.82 Å². The maximum atomic E-state index is 5.58. The first kappa shape index (κ1) is 16.6. The highest BCUT2D eigenvalue weighted by Crippen LogP contribution is 2.34. The maximum Gasteiger partial charge on any atom is 0.219 e. The van der Waals surface area contributed by atoms with Gasteiger partial charge in [-0.1, -0.05) is 0 Å². The lowest BCUT2D eigenvalue weighted by atomic mass is 9.98. The number of hydrogen-bond donors (Lipinski definition) is 3. The number of aromatic nitrogens is 5. The highest BCUT2D eigenvalue weighted by Gasteiger charge is 2.27. The molecule has 4 N–H and O–H groups in total. The van der Waals surface area contributed by atoms with Crippen LogP contribution < -0.4 is 15.8 Å². The first-order valence-electron chi connectivity index (χ1n) is 9.05. The molecular weight excluding hydrogens is 354 g/mol. The minimum atomic E-state index is -0.114. The summed E-state index contributed by atoms with van der Waals surface area (Å²) in [5.41, 5.74) is 10.6. The summed E-state index contributed by atoms with van der Waals surface area (Å²) in [6.45, 7) is 0.848. The molecule has 0 bridgehead atoms. The van der Waals surface area contributed by atoms with E-state index in [-0.39, 0.29) is 12.0 Å². The summed E-state index contributed by atoms with van der Waals surface area (Å²) < 4.78 is 5.39. The van der Waals surface area contributed by atoms with Gasteiger partial charge in [-0.2, -0.15) is 0 Å². The molecule has 0 saturated heterocycles. The Morgan fingerprint density at radius 3 is 2.82 bits per heavy atom. The van der Waals surface area contributed by atoms with Crippen LogP contribution in [0.4, 0.5) is 5.95 Å². The minimum Gasteiger partial charge on any atom is -0.497 e. The SMILES string of the molecule is COc1ccc2[nH]c3c(c2c1)CCNC3c1nccc(-c2cnc(N)nc2)n1. The number of H-pyrrole nitrogens is 1. The molecule has 1 atom stereocenters. The summed E-state index contributed by atoms with van der Waals surface area (Å²) in [6.07, 6.45) is 6.03. The fourth-order valence-electron chi connectivity index (χ4n) is 3.70. The first-order chi connectivity index (χ1) is 13.7. The van der Waals surface area contributed by atoms with Crippen LogP contribution in [0.5, 0.6) is 5.75 Å². The van der Waals surface area contributed by atoms with Crippen molar-refractivity contribution in [2.24, 2.45) is 0 Å². The lowest BCUT2D eigenvalue weighted by Gasteiger charge is -2.23. The topological polar surface area (TPSA) is 115 Å². The number of benzene rings is 1. The molecule has 1 aliphatic heterocycles. The molecule has 0 saturated carbocycles. The number of ether oxygens (including phenoxy) is 1. The van der Waals surface area contributed by atoms with Crippen LogP contribution in [0, 0.1) is 0 Å². The second-order valence-corrected chi connectivity index (χ2v) is 6.70. The largest absolute Gasteiger partial charge is 0.497 e. The highest BCUT2D eigenvalue weighted by molar-refractivity contribution is 5.86. The van der Waals surface area contributed by atoms with Gasteiger partial charge in [0.15, 0.2) is 5.82 Å². The molecule has 0 fully saturated rings. The van der Waals surface area contributed by atoms with Crippen LogP contribution in [0.25, 0.3) is 22.2 Å². The second kappa shape index (κ2) is 6.58. The zero-order valence-corrected chi connectivity index (χ0v) is 15.3. The number of nitrogens with zero attached hydrogens (tertiary/aromatic N) is 4. The van der Waals surface area contributed by atoms with E-state index >= 15 is 0 Å². The predicted octanol–water partition coefficient (Wildman–Crippen LogP) is 2.24. The van der Waals surface area contributed by atoms with Gasteiger partial charge in [0, 0.05) is 47.3 Å². The summed E-state index contributed by atoms with van der Waals surface area (Å²) in [4.78, 5) is 20.9. The molecule has 8 nitrogen and oxygen atoms in total. The van der Waals surface area contributed by atoms with Gasteiger partial charge in [-0.25, -0.2) is 19.9 Å². The summed E-state index contributed by atoms with van der Waals surface area (Å²) >= 11 is 0. The predicted molar refractivity (Wildman–Crippen MR) is 106 cm³/mol. The molecule has 0 radical (unpaired) electrons. The fraction of sp³-hybridized carbons (Fsp3) is 0.200. The number of aromatic amines is 1. The van der Waals surface area contributed by atoms with Gasteiger partial charge >= 0.3 is 0 Å². The third-order valence-corrected chi connectivity index (χ3v) is 5.06. The fourth-order valence-corrected chi connectivity index (χ4v) is 3.70. The van der Waals surface area contributed by atoms with Crippen LogP contribution in [-0.2, 0) is 6.42 Å². The standard InChI is InChI=1S/C20H19N7O/c1-28-12-2-3-16-14(8-12)13-4-6-22-18(17(13)26-16)19-23-7-5-15(27-19)11-9-24-20(21)25-10-11/h2-3,5,7-10,18,22,26H,4,6H2,1H3,(H2,21,24,25). The van der Waals surface area contributed by atoms with Gasteiger partial charge in [-0.05, 0) is 36.2 Å². The van der Waals surface area contributed by atoms with Crippen molar-refractivity contribution in [2.75, 3.05) is 19.4 Å². The molecule has 1 aromatic carbocycles. The Morgan fingerprint density at radius 2 is 2.00 bits per heavy atom. The Balaban J connectivity index is 1.58. The number of fused-ring (bicyclic) bond motifs is 3. The van der Waals surface area contributed by atoms with Crippen LogP contribution in [0.2, 0.25) is 0 Å². The zero-order chi connectivity index (χ0) is 19.1. The first-order valence-corrected chi connectivity index (χ1v) is 9.05. The third-order valence-electron chi connectivity index (χ3n) is 5.06. The van der Waals surface area contributed by atoms with Gasteiger partial charge in [-0.15, -0.1) is 0 Å². The number of anilines is 1. The summed E-state index contributed by atoms with van der Waals surface area (Å²) in [6, 6.07) is 7.82. The number of hydrogen-bond acceptors (Lipinski definition) is 7. The van der Waals surface area contributed by atoms with Crippen LogP contribution in [0.15, 0.2) is 42.9 Å². The van der Waals surface area contributed by atoms with Crippen LogP contribution in [-0.4, -0.2) is 38.6 Å². The van der Waals surface area contributed by atoms with Crippen molar-refractivity contribution in [3.63, 3.8) is 0 Å². The van der Waals surface area contributed by atoms with Crippen molar-refractivity contribution in [1.82, 2.24) is 30.2 Å². The Morgan fingerprint density at radius 1 is 1.14 bits per heavy atom. The van der Waals surface area contributed by atoms with Gasteiger partial charge in [-0.3, -0.25) is 0 Å². The molecule has 3 aromatic heterocycles. The van der Waals surface area contributed by atoms with Gasteiger partial charge < -0.3 is 20.8 Å². The van der Waals surface area contributed by atoms with Gasteiger partial charge in [0.2, 0.25) is 5.95 Å². The number of rotatable bonds is 3. The van der Waals surface area contributed by atoms with E-state index in [1.165, 1.54) is 10.9 Å². The van der Waals surface area contributed by atoms with Crippen LogP contribution in [0.1, 0.15) is 23.1 Å². The quantitative estimate of drug-likeness (QED) is 0.504. The van der Waals surface area contributed by atoms with E-state index in [1.807, 2.05) is 18.2 Å². The van der Waals surface area contributed by atoms with Crippen LogP contribution >= 0.6 is 0 Å². The van der Waals surface area contributed by atoms with Gasteiger partial charge in [0.05, 0.1) is 12.8 Å². The highest BCUT2D eigenvalue weighted by atomic mass is 16.5. The molecule has 140 valence electrons. The van der Waals surface area contributed by atoms with Gasteiger partial charge in [0.1, 0.15) is 11.8 Å². The molecule has 1 unspecified atom stereocenters. The summed E-state index contributed by atoms with van der Waals surface area (Å²) in [5.74, 6) is 1.80. The van der Waals surface area contributed by atoms with Gasteiger partial charge in [0.25, 0.3) is 0 Å². The average Bonchev–Trinajstić information content (AvgIpc) is 3.12. The minimum absolute atomic E-state index is 0.114. The molecular formula is C20H19N7O. The number of nitrogen functional groups attached to an aromatic ring is 1. The molecule has 5 rings (SSSR count). The van der Waals surface area contributed by atoms with Crippen molar-refractivity contribution in [3.05, 3.63) is 59.9 Å². The number of methoxy groups -OCH3 is 1. The number of nitrogens with one attached hydrogen (secondary N) is 2. The molecule has 4 aromatic rings. The average molecular weight is 373 g/mol. The van der Waals surface area contributed by atoms with Crippen molar-refractivity contribution in [3.8, 4) is 17.0 Å². The molecule has 0 aliphatic carbocycles. The maximum absolute atomic E-state index is 5.58. The van der Waals surface area contributed by atoms with Crippen molar-refractivity contribution in [2.45, 2.75) is 12.5 Å². The molecule has 0 amide bonds. The number of nitrogens with two attached hydrogens (primary N) is 1. The van der Waals surface area contributed by atoms with Crippen molar-refractivity contribution < 1.29 is 4.74 Å². The van der Waals surface area contributed by atoms with E-state index < -0.39 is 0 Å². The van der Waals surface area contributed by atoms with E-state index in [9.17, 15) is 0 Å². The van der Waals surface area contributed by atoms with E-state index in [0.717, 1.165) is 41.2 Å². The normalized spacial score (nSPS) is 16.1. The summed E-state index contributed by atoms with van der Waals surface area (Å²) in [5, 5.41) is 4.71. The molecule has 28 heavy (non-hydrogen) atoms. The smallest absolute Gasteiger partial charge is 0.219 e. The van der Waals surface area contributed by atoms with Crippen molar-refractivity contribution in [1.29, 1.82) is 0 Å². The van der Waals surface area contributed by atoms with E-state index in [4.69, 9.17) is 15.5 Å². The lowest BCUT2D eigenvalue weighted by Crippen LogP contribution is -2.31. The Kier molecular flexibility index (Phi) is 3.91. The third kappa shape index (κ3) is 2.74.